The average molecular weight is 325 g/mol. The number of aliphatic hydroxyl groups excluding tert-OH is 1. The molecule has 1 heterocycles. The van der Waals surface area contributed by atoms with Crippen molar-refractivity contribution >= 4 is 28.3 Å². The number of thiazole rings is 1. The summed E-state index contributed by atoms with van der Waals surface area (Å²) in [6.07, 6.45) is 5.54. The molecular weight excluding hydrogens is 302 g/mol. The van der Waals surface area contributed by atoms with Crippen LogP contribution in [0, 0.1) is 5.92 Å². The summed E-state index contributed by atoms with van der Waals surface area (Å²) in [7, 11) is 0. The van der Waals surface area contributed by atoms with Crippen molar-refractivity contribution < 1.29 is 14.7 Å². The molecule has 1 aromatic heterocycles. The van der Waals surface area contributed by atoms with Crippen molar-refractivity contribution in [1.29, 1.82) is 0 Å². The minimum atomic E-state index is -0.630. The number of nitrogens with zero attached hydrogens (tertiary/aromatic N) is 1. The SMILES string of the molecule is CC(=O)Nc1nc(C(=O)NC(C)(CO)C2CCCCC2)cs1. The van der Waals surface area contributed by atoms with Crippen LogP contribution in [0.15, 0.2) is 5.38 Å². The van der Waals surface area contributed by atoms with Crippen LogP contribution in [0.5, 0.6) is 0 Å². The van der Waals surface area contributed by atoms with Crippen LogP contribution in [-0.2, 0) is 4.79 Å². The zero-order valence-electron chi connectivity index (χ0n) is 13.0. The third-order valence-corrected chi connectivity index (χ3v) is 5.01. The molecule has 122 valence electrons. The van der Waals surface area contributed by atoms with Gasteiger partial charge in [0, 0.05) is 12.3 Å². The summed E-state index contributed by atoms with van der Waals surface area (Å²) < 4.78 is 0. The van der Waals surface area contributed by atoms with E-state index in [2.05, 4.69) is 15.6 Å². The fraction of sp³-hybridized carbons (Fsp3) is 0.667. The van der Waals surface area contributed by atoms with E-state index in [1.807, 2.05) is 6.92 Å². The summed E-state index contributed by atoms with van der Waals surface area (Å²) in [5.74, 6) is -0.248. The number of anilines is 1. The van der Waals surface area contributed by atoms with Gasteiger partial charge in [-0.2, -0.15) is 0 Å². The molecule has 2 rings (SSSR count). The molecule has 1 fully saturated rings. The van der Waals surface area contributed by atoms with Gasteiger partial charge in [0.1, 0.15) is 5.69 Å². The van der Waals surface area contributed by atoms with Crippen molar-refractivity contribution in [3.05, 3.63) is 11.1 Å². The summed E-state index contributed by atoms with van der Waals surface area (Å²) in [6, 6.07) is 0. The summed E-state index contributed by atoms with van der Waals surface area (Å²) in [4.78, 5) is 27.5. The molecule has 1 aliphatic carbocycles. The van der Waals surface area contributed by atoms with E-state index in [0.29, 0.717) is 5.13 Å². The highest BCUT2D eigenvalue weighted by Gasteiger charge is 2.36. The highest BCUT2D eigenvalue weighted by atomic mass is 32.1. The Labute approximate surface area is 134 Å². The van der Waals surface area contributed by atoms with Crippen molar-refractivity contribution in [1.82, 2.24) is 10.3 Å². The maximum Gasteiger partial charge on any atom is 0.271 e. The van der Waals surface area contributed by atoms with E-state index >= 15 is 0 Å². The maximum atomic E-state index is 12.4. The Bertz CT molecular complexity index is 540. The predicted molar refractivity (Wildman–Crippen MR) is 85.9 cm³/mol. The molecule has 0 radical (unpaired) electrons. The standard InChI is InChI=1S/C15H23N3O3S/c1-10(20)16-14-17-12(8-22-14)13(21)18-15(2,9-19)11-6-4-3-5-7-11/h8,11,19H,3-7,9H2,1-2H3,(H,18,21)(H,16,17,20). The van der Waals surface area contributed by atoms with Crippen molar-refractivity contribution in [3.63, 3.8) is 0 Å². The van der Waals surface area contributed by atoms with Crippen LogP contribution < -0.4 is 10.6 Å². The Morgan fingerprint density at radius 3 is 2.68 bits per heavy atom. The second kappa shape index (κ2) is 7.19. The lowest BCUT2D eigenvalue weighted by Gasteiger charge is -2.39. The van der Waals surface area contributed by atoms with Gasteiger partial charge in [0.05, 0.1) is 12.1 Å². The number of hydrogen-bond donors (Lipinski definition) is 3. The third kappa shape index (κ3) is 4.04. The Hall–Kier alpha value is -1.47. The molecule has 1 atom stereocenters. The molecule has 3 N–H and O–H groups in total. The van der Waals surface area contributed by atoms with Gasteiger partial charge in [-0.3, -0.25) is 9.59 Å². The van der Waals surface area contributed by atoms with Crippen LogP contribution in [-0.4, -0.2) is 34.1 Å². The van der Waals surface area contributed by atoms with Gasteiger partial charge in [0.15, 0.2) is 5.13 Å². The van der Waals surface area contributed by atoms with Crippen LogP contribution in [0.25, 0.3) is 0 Å². The van der Waals surface area contributed by atoms with Crippen molar-refractivity contribution in [2.75, 3.05) is 11.9 Å². The van der Waals surface area contributed by atoms with Gasteiger partial charge in [0.25, 0.3) is 5.91 Å². The topological polar surface area (TPSA) is 91.3 Å². The van der Waals surface area contributed by atoms with E-state index in [1.54, 1.807) is 5.38 Å². The van der Waals surface area contributed by atoms with E-state index < -0.39 is 5.54 Å². The molecule has 0 saturated heterocycles. The van der Waals surface area contributed by atoms with Crippen LogP contribution in [0.2, 0.25) is 0 Å². The van der Waals surface area contributed by atoms with Crippen molar-refractivity contribution in [2.24, 2.45) is 5.92 Å². The quantitative estimate of drug-likeness (QED) is 0.773. The highest BCUT2D eigenvalue weighted by molar-refractivity contribution is 7.14. The third-order valence-electron chi connectivity index (χ3n) is 4.25. The van der Waals surface area contributed by atoms with Gasteiger partial charge in [0.2, 0.25) is 5.91 Å². The Balaban J connectivity index is 2.04. The number of carbonyl (C=O) groups excluding carboxylic acids is 2. The second-order valence-corrected chi connectivity index (χ2v) is 6.94. The van der Waals surface area contributed by atoms with E-state index in [9.17, 15) is 14.7 Å². The summed E-state index contributed by atoms with van der Waals surface area (Å²) in [6.45, 7) is 3.20. The second-order valence-electron chi connectivity index (χ2n) is 6.08. The minimum absolute atomic E-state index is 0.0912. The summed E-state index contributed by atoms with van der Waals surface area (Å²) in [5, 5.41) is 17.3. The highest BCUT2D eigenvalue weighted by Crippen LogP contribution is 2.32. The molecule has 1 saturated carbocycles. The van der Waals surface area contributed by atoms with Gasteiger partial charge in [-0.05, 0) is 25.7 Å². The van der Waals surface area contributed by atoms with Crippen LogP contribution in [0.1, 0.15) is 56.4 Å². The van der Waals surface area contributed by atoms with Gasteiger partial charge in [-0.1, -0.05) is 19.3 Å². The Kier molecular flexibility index (Phi) is 5.52. The Morgan fingerprint density at radius 1 is 1.41 bits per heavy atom. The van der Waals surface area contributed by atoms with Crippen LogP contribution in [0.4, 0.5) is 5.13 Å². The van der Waals surface area contributed by atoms with Gasteiger partial charge in [-0.25, -0.2) is 4.98 Å². The zero-order valence-corrected chi connectivity index (χ0v) is 13.8. The van der Waals surface area contributed by atoms with Crippen LogP contribution >= 0.6 is 11.3 Å². The van der Waals surface area contributed by atoms with Gasteiger partial charge >= 0.3 is 0 Å². The number of aliphatic hydroxyl groups is 1. The largest absolute Gasteiger partial charge is 0.394 e. The minimum Gasteiger partial charge on any atom is -0.394 e. The van der Waals surface area contributed by atoms with Crippen molar-refractivity contribution in [2.45, 2.75) is 51.5 Å². The lowest BCUT2D eigenvalue weighted by Crippen LogP contribution is -2.54. The number of carbonyl (C=O) groups is 2. The number of rotatable bonds is 5. The smallest absolute Gasteiger partial charge is 0.271 e. The monoisotopic (exact) mass is 325 g/mol. The molecule has 1 aromatic rings. The van der Waals surface area contributed by atoms with Gasteiger partial charge < -0.3 is 15.7 Å². The lowest BCUT2D eigenvalue weighted by atomic mass is 9.76. The van der Waals surface area contributed by atoms with E-state index in [4.69, 9.17) is 0 Å². The normalized spacial score (nSPS) is 18.5. The molecule has 2 amide bonds. The fourth-order valence-corrected chi connectivity index (χ4v) is 3.66. The predicted octanol–water partition coefficient (Wildman–Crippen LogP) is 2.16. The van der Waals surface area contributed by atoms with E-state index in [1.165, 1.54) is 24.7 Å². The average Bonchev–Trinajstić information content (AvgIpc) is 2.96. The van der Waals surface area contributed by atoms with Crippen LogP contribution in [0.3, 0.4) is 0 Å². The first-order chi connectivity index (χ1) is 10.4. The first-order valence-electron chi connectivity index (χ1n) is 7.61. The number of aromatic nitrogens is 1. The van der Waals surface area contributed by atoms with E-state index in [-0.39, 0.29) is 30.0 Å². The molecule has 1 aliphatic rings. The maximum absolute atomic E-state index is 12.4. The summed E-state index contributed by atoms with van der Waals surface area (Å²) in [5.41, 5.74) is -0.362. The number of nitrogens with one attached hydrogen (secondary N) is 2. The number of hydrogen-bond acceptors (Lipinski definition) is 5. The molecule has 7 heteroatoms. The molecule has 22 heavy (non-hydrogen) atoms. The molecule has 1 unspecified atom stereocenters. The Morgan fingerprint density at radius 2 is 2.09 bits per heavy atom. The summed E-state index contributed by atoms with van der Waals surface area (Å²) >= 11 is 1.21. The molecule has 0 bridgehead atoms. The molecule has 0 aliphatic heterocycles. The zero-order chi connectivity index (χ0) is 16.2. The fourth-order valence-electron chi connectivity index (χ4n) is 2.92. The number of amides is 2. The van der Waals surface area contributed by atoms with E-state index in [0.717, 1.165) is 25.7 Å². The first-order valence-corrected chi connectivity index (χ1v) is 8.49. The first kappa shape index (κ1) is 16.9. The molecule has 0 aromatic carbocycles. The van der Waals surface area contributed by atoms with Gasteiger partial charge in [-0.15, -0.1) is 11.3 Å². The van der Waals surface area contributed by atoms with Crippen molar-refractivity contribution in [3.8, 4) is 0 Å². The lowest BCUT2D eigenvalue weighted by molar-refractivity contribution is -0.114. The molecular formula is C15H23N3O3S. The molecule has 0 spiro atoms. The molecule has 6 nitrogen and oxygen atoms in total.